The summed E-state index contributed by atoms with van der Waals surface area (Å²) in [6, 6.07) is 27.1. The van der Waals surface area contributed by atoms with Gasteiger partial charge in [-0.3, -0.25) is 24.0 Å². The molecule has 6 rings (SSSR count). The largest absolute Gasteiger partial charge is 0.461 e. The summed E-state index contributed by atoms with van der Waals surface area (Å²) < 4.78 is 25.2. The van der Waals surface area contributed by atoms with Crippen LogP contribution >= 0.6 is 0 Å². The Kier molecular flexibility index (Phi) is 11.6. The highest BCUT2D eigenvalue weighted by Gasteiger charge is 2.72. The molecule has 0 aromatic heterocycles. The maximum atomic E-state index is 14.3. The van der Waals surface area contributed by atoms with E-state index in [0.29, 0.717) is 27.8 Å². The number of carbonyl (C=O) groups is 5. The maximum absolute atomic E-state index is 14.3. The van der Waals surface area contributed by atoms with Crippen molar-refractivity contribution in [2.75, 3.05) is 6.61 Å². The fraction of sp³-hybridized carbons (Fsp3) is 0.370. The third-order valence-corrected chi connectivity index (χ3v) is 11.4. The number of esters is 4. The quantitative estimate of drug-likeness (QED) is 0.129. The Morgan fingerprint density at radius 1 is 0.768 bits per heavy atom. The van der Waals surface area contributed by atoms with Crippen LogP contribution in [0, 0.1) is 17.8 Å². The Balaban J connectivity index is 1.56. The van der Waals surface area contributed by atoms with E-state index in [0.717, 1.165) is 0 Å². The van der Waals surface area contributed by atoms with Crippen molar-refractivity contribution in [3.63, 3.8) is 0 Å². The van der Waals surface area contributed by atoms with Gasteiger partial charge in [0.05, 0.1) is 31.1 Å². The second kappa shape index (κ2) is 16.2. The van der Waals surface area contributed by atoms with Crippen molar-refractivity contribution < 1.29 is 48.0 Å². The maximum Gasteiger partial charge on any atom is 0.311 e. The topological polar surface area (TPSA) is 143 Å². The van der Waals surface area contributed by atoms with Crippen LogP contribution in [0.4, 0.5) is 0 Å². The predicted octanol–water partition coefficient (Wildman–Crippen LogP) is 6.19. The minimum atomic E-state index is -2.13. The van der Waals surface area contributed by atoms with E-state index < -0.39 is 70.3 Å². The minimum absolute atomic E-state index is 0.0535. The molecule has 1 N–H and O–H groups in total. The Hall–Kier alpha value is -5.61. The molecule has 0 heterocycles. The van der Waals surface area contributed by atoms with Gasteiger partial charge in [0.1, 0.15) is 17.8 Å². The molecule has 3 aromatic carbocycles. The average molecular weight is 761 g/mol. The number of carbonyl (C=O) groups excluding carboxylic acids is 5. The summed E-state index contributed by atoms with van der Waals surface area (Å²) in [5.74, 6) is -6.13. The first-order valence-electron chi connectivity index (χ1n) is 18.9. The fourth-order valence-electron chi connectivity index (χ4n) is 8.86. The van der Waals surface area contributed by atoms with Crippen LogP contribution in [-0.4, -0.2) is 64.3 Å². The molecule has 10 nitrogen and oxygen atoms in total. The third kappa shape index (κ3) is 7.89. The zero-order chi connectivity index (χ0) is 40.3. The number of ketones is 1. The summed E-state index contributed by atoms with van der Waals surface area (Å²) in [6.45, 7) is 10.3. The number of aliphatic hydroxyl groups is 1. The van der Waals surface area contributed by atoms with Crippen molar-refractivity contribution in [3.8, 4) is 0 Å². The highest BCUT2D eigenvalue weighted by Crippen LogP contribution is 2.60. The second-order valence-electron chi connectivity index (χ2n) is 15.4. The number of ether oxygens (including phenoxy) is 4. The molecule has 0 unspecified atom stereocenters. The third-order valence-electron chi connectivity index (χ3n) is 11.4. The van der Waals surface area contributed by atoms with E-state index in [1.807, 2.05) is 37.3 Å². The zero-order valence-electron chi connectivity index (χ0n) is 32.2. The predicted molar refractivity (Wildman–Crippen MR) is 207 cm³/mol. The molecule has 292 valence electrons. The number of hydrogen-bond donors (Lipinski definition) is 1. The van der Waals surface area contributed by atoms with E-state index in [9.17, 15) is 29.1 Å². The number of rotatable bonds is 12. The van der Waals surface area contributed by atoms with Crippen LogP contribution in [0.2, 0.25) is 0 Å². The van der Waals surface area contributed by atoms with Gasteiger partial charge in [-0.05, 0) is 47.3 Å². The first-order chi connectivity index (χ1) is 26.7. The molecule has 0 aliphatic heterocycles. The van der Waals surface area contributed by atoms with Gasteiger partial charge in [0.25, 0.3) is 0 Å². The summed E-state index contributed by atoms with van der Waals surface area (Å²) in [6.07, 6.45) is 1.22. The Morgan fingerprint density at radius 2 is 1.27 bits per heavy atom. The van der Waals surface area contributed by atoms with Crippen LogP contribution in [0.5, 0.6) is 0 Å². The highest BCUT2D eigenvalue weighted by atomic mass is 16.6. The van der Waals surface area contributed by atoms with E-state index in [4.69, 9.17) is 18.9 Å². The van der Waals surface area contributed by atoms with Crippen molar-refractivity contribution in [3.05, 3.63) is 143 Å². The molecule has 3 aromatic rings. The Morgan fingerprint density at radius 3 is 1.77 bits per heavy atom. The molecule has 10 heteroatoms. The lowest BCUT2D eigenvalue weighted by atomic mass is 9.54. The number of Topliss-reactive ketones (excluding diaryl/α,β-unsaturated/α-hetero) is 1. The molecular weight excluding hydrogens is 712 g/mol. The summed E-state index contributed by atoms with van der Waals surface area (Å²) in [4.78, 5) is 68.7. The van der Waals surface area contributed by atoms with Gasteiger partial charge >= 0.3 is 23.9 Å². The number of hydrogen-bond acceptors (Lipinski definition) is 10. The van der Waals surface area contributed by atoms with Crippen molar-refractivity contribution >= 4 is 29.7 Å². The molecule has 0 radical (unpaired) electrons. The van der Waals surface area contributed by atoms with E-state index in [-0.39, 0.29) is 44.3 Å². The van der Waals surface area contributed by atoms with Gasteiger partial charge in [-0.2, -0.15) is 0 Å². The van der Waals surface area contributed by atoms with Crippen molar-refractivity contribution in [1.82, 2.24) is 0 Å². The van der Waals surface area contributed by atoms with E-state index in [1.54, 1.807) is 86.7 Å². The standard InChI is InChI=1S/C46H48O10/c1-29(2)45(55-40(49)24-34-17-11-7-12-18-34)26-31(4)46(56-41(50)25-35-19-13-8-14-20-35)37(43(45)54-39(48)23-33-15-9-6-10-16-33)22-36(28-53-32(5)47)27-44(52)38(46)21-30(3)42(44)51/h6-22,31,37-38,43,52H,1,23-28H2,2-5H3/t31-,37+,38-,43-,44-,45+,46-/m1/s1. The van der Waals surface area contributed by atoms with Crippen LogP contribution in [0.1, 0.15) is 57.2 Å². The molecule has 3 aliphatic carbocycles. The van der Waals surface area contributed by atoms with Crippen LogP contribution < -0.4 is 0 Å². The Bertz CT molecular complexity index is 2050. The normalized spacial score (nSPS) is 28.0. The van der Waals surface area contributed by atoms with Crippen LogP contribution in [0.3, 0.4) is 0 Å². The minimum Gasteiger partial charge on any atom is -0.461 e. The van der Waals surface area contributed by atoms with Gasteiger partial charge in [-0.15, -0.1) is 0 Å². The van der Waals surface area contributed by atoms with Gasteiger partial charge in [0.2, 0.25) is 0 Å². The molecule has 0 saturated heterocycles. The molecule has 3 aliphatic rings. The second-order valence-corrected chi connectivity index (χ2v) is 15.4. The van der Waals surface area contributed by atoms with Gasteiger partial charge < -0.3 is 24.1 Å². The monoisotopic (exact) mass is 760 g/mol. The van der Waals surface area contributed by atoms with Gasteiger partial charge in [-0.25, -0.2) is 0 Å². The number of benzene rings is 3. The van der Waals surface area contributed by atoms with Crippen LogP contribution in [-0.2, 0) is 62.2 Å². The fourth-order valence-corrected chi connectivity index (χ4v) is 8.86. The van der Waals surface area contributed by atoms with Crippen molar-refractivity contribution in [1.29, 1.82) is 0 Å². The first-order valence-corrected chi connectivity index (χ1v) is 18.9. The summed E-state index contributed by atoms with van der Waals surface area (Å²) in [7, 11) is 0. The van der Waals surface area contributed by atoms with Gasteiger partial charge in [0, 0.05) is 25.7 Å². The first kappa shape index (κ1) is 40.1. The van der Waals surface area contributed by atoms with Crippen molar-refractivity contribution in [2.45, 2.75) is 82.7 Å². The highest BCUT2D eigenvalue weighted by molar-refractivity contribution is 6.05. The summed E-state index contributed by atoms with van der Waals surface area (Å²) >= 11 is 0. The summed E-state index contributed by atoms with van der Waals surface area (Å²) in [5.41, 5.74) is -2.54. The zero-order valence-corrected chi connectivity index (χ0v) is 32.2. The van der Waals surface area contributed by atoms with Crippen LogP contribution in [0.15, 0.2) is 126 Å². The van der Waals surface area contributed by atoms with Crippen molar-refractivity contribution in [2.24, 2.45) is 17.8 Å². The molecule has 0 bridgehead atoms. The van der Waals surface area contributed by atoms with Gasteiger partial charge in [0.15, 0.2) is 17.5 Å². The summed E-state index contributed by atoms with van der Waals surface area (Å²) in [5, 5.41) is 12.6. The molecule has 0 amide bonds. The average Bonchev–Trinajstić information content (AvgIpc) is 3.31. The molecule has 0 spiro atoms. The van der Waals surface area contributed by atoms with E-state index in [1.165, 1.54) is 6.92 Å². The van der Waals surface area contributed by atoms with E-state index in [2.05, 4.69) is 6.58 Å². The molecule has 1 saturated carbocycles. The smallest absolute Gasteiger partial charge is 0.311 e. The molecule has 56 heavy (non-hydrogen) atoms. The number of fused-ring (bicyclic) bond motifs is 3. The molecular formula is C46H48O10. The lowest BCUT2D eigenvalue weighted by Crippen LogP contribution is -2.71. The van der Waals surface area contributed by atoms with Gasteiger partial charge in [-0.1, -0.05) is 117 Å². The lowest BCUT2D eigenvalue weighted by Gasteiger charge is -2.59. The SMILES string of the molecule is C=C(C)[C@@]1(OC(=O)Cc2ccccc2)C[C@@H](C)[C@@]2(OC(=O)Cc3ccccc3)[C@@H](C=C(COC(C)=O)C[C@]3(O)C(=O)C(C)=C[C@@H]23)[C@H]1OC(=O)Cc1ccccc1. The Labute approximate surface area is 327 Å². The molecule has 1 fully saturated rings. The lowest BCUT2D eigenvalue weighted by molar-refractivity contribution is -0.250. The molecule has 7 atom stereocenters. The van der Waals surface area contributed by atoms with Crippen LogP contribution in [0.25, 0.3) is 0 Å². The van der Waals surface area contributed by atoms with E-state index >= 15 is 0 Å².